The number of urea groups is 1. The zero-order valence-corrected chi connectivity index (χ0v) is 12.1. The van der Waals surface area contributed by atoms with Crippen LogP contribution in [0.1, 0.15) is 22.8 Å². The summed E-state index contributed by atoms with van der Waals surface area (Å²) in [7, 11) is 3.43. The number of likely N-dealkylation sites (N-methyl/N-ethyl adjacent to an activating group) is 1. The van der Waals surface area contributed by atoms with Crippen molar-refractivity contribution in [2.24, 2.45) is 0 Å². The number of aromatic carboxylic acids is 1. The molecule has 0 bridgehead atoms. The monoisotopic (exact) mass is 276 g/mol. The molecule has 1 aromatic carbocycles. The molecule has 1 rings (SSSR count). The van der Waals surface area contributed by atoms with Crippen LogP contribution in [-0.2, 0) is 6.54 Å². The molecule has 0 aliphatic rings. The Balaban J connectivity index is 2.65. The van der Waals surface area contributed by atoms with Crippen molar-refractivity contribution in [1.82, 2.24) is 9.80 Å². The molecular weight excluding hydrogens is 256 g/mol. The summed E-state index contributed by atoms with van der Waals surface area (Å²) in [6.45, 7) is 6.59. The molecule has 108 valence electrons. The molecule has 0 radical (unpaired) electrons. The number of carboxylic acid groups (broad SMARTS) is 1. The van der Waals surface area contributed by atoms with Crippen molar-refractivity contribution in [2.75, 3.05) is 20.6 Å². The molecule has 5 nitrogen and oxygen atoms in total. The van der Waals surface area contributed by atoms with Gasteiger partial charge < -0.3 is 14.9 Å². The van der Waals surface area contributed by atoms with Crippen LogP contribution < -0.4 is 0 Å². The third-order valence-corrected chi connectivity index (χ3v) is 2.78. The second kappa shape index (κ2) is 6.75. The highest BCUT2D eigenvalue weighted by atomic mass is 16.4. The Hall–Kier alpha value is -2.30. The lowest BCUT2D eigenvalue weighted by atomic mass is 10.1. The van der Waals surface area contributed by atoms with Crippen LogP contribution in [0, 0.1) is 0 Å². The lowest BCUT2D eigenvalue weighted by molar-refractivity contribution is 0.0697. The van der Waals surface area contributed by atoms with Crippen molar-refractivity contribution in [3.05, 3.63) is 47.5 Å². The van der Waals surface area contributed by atoms with Crippen LogP contribution in [0.3, 0.4) is 0 Å². The maximum atomic E-state index is 12.1. The predicted molar refractivity (Wildman–Crippen MR) is 77.7 cm³/mol. The minimum Gasteiger partial charge on any atom is -0.478 e. The summed E-state index contributed by atoms with van der Waals surface area (Å²) >= 11 is 0. The summed E-state index contributed by atoms with van der Waals surface area (Å²) in [5.74, 6) is -0.956. The van der Waals surface area contributed by atoms with Gasteiger partial charge in [0.15, 0.2) is 0 Å². The zero-order valence-electron chi connectivity index (χ0n) is 12.1. The third kappa shape index (κ3) is 4.42. The van der Waals surface area contributed by atoms with Crippen LogP contribution in [0.15, 0.2) is 36.4 Å². The van der Waals surface area contributed by atoms with Gasteiger partial charge in [-0.25, -0.2) is 9.59 Å². The van der Waals surface area contributed by atoms with E-state index in [1.807, 2.05) is 6.92 Å². The molecule has 5 heteroatoms. The first-order chi connectivity index (χ1) is 9.31. The van der Waals surface area contributed by atoms with E-state index < -0.39 is 5.97 Å². The molecule has 0 saturated heterocycles. The predicted octanol–water partition coefficient (Wildman–Crippen LogP) is 2.44. The van der Waals surface area contributed by atoms with Crippen LogP contribution in [-0.4, -0.2) is 47.5 Å². The van der Waals surface area contributed by atoms with E-state index in [0.717, 1.165) is 11.1 Å². The van der Waals surface area contributed by atoms with E-state index >= 15 is 0 Å². The van der Waals surface area contributed by atoms with Gasteiger partial charge in [-0.3, -0.25) is 0 Å². The number of carbonyl (C=O) groups is 2. The Bertz CT molecular complexity index is 508. The Kier molecular flexibility index (Phi) is 5.32. The molecule has 0 aromatic heterocycles. The van der Waals surface area contributed by atoms with Crippen molar-refractivity contribution in [3.8, 4) is 0 Å². The number of rotatable bonds is 5. The van der Waals surface area contributed by atoms with Gasteiger partial charge in [0.05, 0.1) is 5.56 Å². The second-order valence-corrected chi connectivity index (χ2v) is 4.95. The summed E-state index contributed by atoms with van der Waals surface area (Å²) in [5, 5.41) is 8.82. The van der Waals surface area contributed by atoms with Gasteiger partial charge in [-0.15, -0.1) is 0 Å². The number of benzene rings is 1. The van der Waals surface area contributed by atoms with E-state index in [-0.39, 0.29) is 11.6 Å². The fourth-order valence-electron chi connectivity index (χ4n) is 1.86. The number of hydrogen-bond donors (Lipinski definition) is 1. The number of hydrogen-bond acceptors (Lipinski definition) is 2. The highest BCUT2D eigenvalue weighted by Crippen LogP contribution is 2.08. The van der Waals surface area contributed by atoms with Crippen LogP contribution in [0.5, 0.6) is 0 Å². The Labute approximate surface area is 119 Å². The number of carbonyl (C=O) groups excluding carboxylic acids is 1. The molecule has 2 amide bonds. The fourth-order valence-corrected chi connectivity index (χ4v) is 1.86. The van der Waals surface area contributed by atoms with E-state index in [9.17, 15) is 9.59 Å². The molecule has 20 heavy (non-hydrogen) atoms. The first kappa shape index (κ1) is 15.8. The summed E-state index contributed by atoms with van der Waals surface area (Å²) in [6.07, 6.45) is 0. The smallest absolute Gasteiger partial charge is 0.335 e. The molecule has 0 fully saturated rings. The van der Waals surface area contributed by atoms with Crippen LogP contribution in [0.2, 0.25) is 0 Å². The molecule has 0 saturated carbocycles. The van der Waals surface area contributed by atoms with Gasteiger partial charge in [-0.2, -0.15) is 0 Å². The molecular formula is C15H20N2O3. The van der Waals surface area contributed by atoms with Crippen molar-refractivity contribution in [1.29, 1.82) is 0 Å². The first-order valence-corrected chi connectivity index (χ1v) is 6.24. The minimum atomic E-state index is -0.956. The average molecular weight is 276 g/mol. The second-order valence-electron chi connectivity index (χ2n) is 4.95. The summed E-state index contributed by atoms with van der Waals surface area (Å²) < 4.78 is 0. The van der Waals surface area contributed by atoms with Crippen LogP contribution in [0.25, 0.3) is 0 Å². The molecule has 0 aliphatic carbocycles. The van der Waals surface area contributed by atoms with E-state index in [4.69, 9.17) is 5.11 Å². The fraction of sp³-hybridized carbons (Fsp3) is 0.333. The maximum Gasteiger partial charge on any atom is 0.335 e. The maximum absolute atomic E-state index is 12.1. The Morgan fingerprint density at radius 3 is 2.15 bits per heavy atom. The van der Waals surface area contributed by atoms with E-state index in [1.165, 1.54) is 12.1 Å². The summed E-state index contributed by atoms with van der Waals surface area (Å²) in [6, 6.07) is 6.40. The quantitative estimate of drug-likeness (QED) is 0.840. The normalized spacial score (nSPS) is 9.95. The SMILES string of the molecule is C=C(C)CN(C)C(=O)N(C)Cc1ccc(C(=O)O)cc1. The standard InChI is InChI=1S/C15H20N2O3/c1-11(2)9-16(3)15(20)17(4)10-12-5-7-13(8-6-12)14(18)19/h5-8H,1,9-10H2,2-4H3,(H,18,19). The van der Waals surface area contributed by atoms with Crippen molar-refractivity contribution in [2.45, 2.75) is 13.5 Å². The van der Waals surface area contributed by atoms with Gasteiger partial charge in [0.25, 0.3) is 0 Å². The number of amides is 2. The Morgan fingerprint density at radius 2 is 1.70 bits per heavy atom. The zero-order chi connectivity index (χ0) is 15.3. The largest absolute Gasteiger partial charge is 0.478 e. The molecule has 0 heterocycles. The molecule has 0 unspecified atom stereocenters. The molecule has 0 atom stereocenters. The van der Waals surface area contributed by atoms with Gasteiger partial charge >= 0.3 is 12.0 Å². The van der Waals surface area contributed by atoms with Crippen LogP contribution in [0.4, 0.5) is 4.79 Å². The van der Waals surface area contributed by atoms with E-state index in [0.29, 0.717) is 13.1 Å². The van der Waals surface area contributed by atoms with E-state index in [2.05, 4.69) is 6.58 Å². The summed E-state index contributed by atoms with van der Waals surface area (Å²) in [4.78, 5) is 26.0. The lowest BCUT2D eigenvalue weighted by Gasteiger charge is -2.25. The molecule has 0 aliphatic heterocycles. The van der Waals surface area contributed by atoms with Gasteiger partial charge in [-0.05, 0) is 24.6 Å². The number of carboxylic acids is 1. The molecule has 1 N–H and O–H groups in total. The highest BCUT2D eigenvalue weighted by Gasteiger charge is 2.14. The van der Waals surface area contributed by atoms with E-state index in [1.54, 1.807) is 36.0 Å². The van der Waals surface area contributed by atoms with Gasteiger partial charge in [-0.1, -0.05) is 24.3 Å². The van der Waals surface area contributed by atoms with Crippen LogP contribution >= 0.6 is 0 Å². The van der Waals surface area contributed by atoms with Crippen molar-refractivity contribution >= 4 is 12.0 Å². The first-order valence-electron chi connectivity index (χ1n) is 6.24. The Morgan fingerprint density at radius 1 is 1.15 bits per heavy atom. The number of nitrogens with zero attached hydrogens (tertiary/aromatic N) is 2. The molecule has 1 aromatic rings. The third-order valence-electron chi connectivity index (χ3n) is 2.78. The van der Waals surface area contributed by atoms with Crippen molar-refractivity contribution in [3.63, 3.8) is 0 Å². The minimum absolute atomic E-state index is 0.102. The van der Waals surface area contributed by atoms with Crippen molar-refractivity contribution < 1.29 is 14.7 Å². The summed E-state index contributed by atoms with van der Waals surface area (Å²) in [5.41, 5.74) is 2.04. The average Bonchev–Trinajstić information content (AvgIpc) is 2.37. The van der Waals surface area contributed by atoms with Gasteiger partial charge in [0.1, 0.15) is 0 Å². The topological polar surface area (TPSA) is 60.9 Å². The lowest BCUT2D eigenvalue weighted by Crippen LogP contribution is -2.39. The molecule has 0 spiro atoms. The van der Waals surface area contributed by atoms with Gasteiger partial charge in [0, 0.05) is 27.2 Å². The van der Waals surface area contributed by atoms with Gasteiger partial charge in [0.2, 0.25) is 0 Å². The highest BCUT2D eigenvalue weighted by molar-refractivity contribution is 5.87.